The van der Waals surface area contributed by atoms with E-state index in [-0.39, 0.29) is 78.3 Å². The highest BCUT2D eigenvalue weighted by Crippen LogP contribution is 2.14. The summed E-state index contributed by atoms with van der Waals surface area (Å²) < 4.78 is 68.3. The second kappa shape index (κ2) is 65.8. The SMILES string of the molecule is CC(=O)OC(C)=O.CC(C)(C)OC(=O)CCNC(=O)OC=O.CC(C)C[C@H]1NC(=O)OC1=O.CCC[C@@H](NC(=O)[C@H](CCCNC(=O)OCc1ccccc1)NC(C)=O)C(=O)N[C@@H](CC(=O)OC(C)(C)C)C(=O)NCCOCCN=[N+]=[N-].O=C(NCCC[C@@H]1NC(=O)OC1=O)OCc1ccccc1.O=C([O-])C(F)F.[N-]=[N+]=NCCOCC[NH3+]. The van der Waals surface area contributed by atoms with Gasteiger partial charge in [-0.3, -0.25) is 43.2 Å². The fraction of sp³-hybridized carbons (Fsp3) is 0.597. The molecule has 0 spiro atoms. The molecular weight excluding hydrogens is 1570 g/mol. The average molecular weight is 1690 g/mol. The van der Waals surface area contributed by atoms with Gasteiger partial charge in [-0.05, 0) is 108 Å². The molecule has 2 aromatic rings. The molecule has 660 valence electrons. The number of rotatable bonds is 40. The number of ether oxygens (including phenoxy) is 10. The zero-order valence-corrected chi connectivity index (χ0v) is 68.0. The molecule has 2 saturated heterocycles. The van der Waals surface area contributed by atoms with Crippen molar-refractivity contribution >= 4 is 102 Å². The second-order valence-electron chi connectivity index (χ2n) is 26.4. The number of carbonyl (C=O) groups excluding carboxylic acids is 17. The summed E-state index contributed by atoms with van der Waals surface area (Å²) in [5, 5.41) is 38.0. The Morgan fingerprint density at radius 3 is 1.46 bits per heavy atom. The fourth-order valence-electron chi connectivity index (χ4n) is 8.44. The van der Waals surface area contributed by atoms with Crippen LogP contribution in [0.25, 0.3) is 20.9 Å². The first-order chi connectivity index (χ1) is 55.5. The number of aliphatic carboxylic acids is 1. The van der Waals surface area contributed by atoms with Crippen LogP contribution in [0.1, 0.15) is 152 Å². The lowest BCUT2D eigenvalue weighted by atomic mass is 10.0. The minimum absolute atomic E-state index is 0.0167. The van der Waals surface area contributed by atoms with Crippen LogP contribution < -0.4 is 58.7 Å². The number of carboxylic acid groups (broad SMARTS) is 1. The normalized spacial score (nSPS) is 13.4. The van der Waals surface area contributed by atoms with Crippen LogP contribution in [0.4, 0.5) is 32.8 Å². The Hall–Kier alpha value is -12.4. The lowest BCUT2D eigenvalue weighted by Gasteiger charge is -2.26. The standard InChI is InChI=1S/C32H50N8O9.C14H16N2O5.C9H15NO5.C7H11NO3.C4H10N4O.C4H6O3.C2H2F2O2/c1-6-11-24(29(44)39-26(20-27(42)49-32(3,4)5)28(43)34-16-18-47-19-17-36-40-33)38-30(45)25(37-22(2)41)14-10-15-35-31(46)48-21-23-12-8-7-9-13-23;17-12-11(16-14(19)21-12)7-4-8-15-13(18)20-9-10-5-2-1-3-6-10;1-9(2,3)15-7(12)4-5-10-8(13)14-6-11;1-4(2)3-5-6(9)11-7(10)8-5;5-1-3-9-4-2-7-8-6;1-3(5)7-4(2)6;3-1(4)2(5)6/h7-9,12-13,24-26H,6,10-11,14-21H2,1-5H3,(H,34,43)(H,35,46)(H,37,41)(H,38,45)(H,39,44);1-3,5-6,11H,4,7-9H2,(H,15,18)(H,16,19);6H,4-5H2,1-3H3,(H,10,13);4-5H,3H2,1-2H3,(H,8,10);1-5H2;1-2H3;1H,(H,5,6)/t24-,25+,26+;11-;;5-;;;/m10.1.../s1. The maximum Gasteiger partial charge on any atom is 0.415 e. The number of carboxylic acids is 1. The van der Waals surface area contributed by atoms with E-state index in [2.05, 4.69) is 92.6 Å². The van der Waals surface area contributed by atoms with E-state index in [0.29, 0.717) is 64.3 Å². The smallest absolute Gasteiger partial charge is 0.415 e. The molecule has 46 heteroatoms. The molecule has 0 saturated carbocycles. The Labute approximate surface area is 679 Å². The van der Waals surface area contributed by atoms with E-state index in [1.807, 2.05) is 74.5 Å². The van der Waals surface area contributed by atoms with Gasteiger partial charge in [-0.25, -0.2) is 42.3 Å². The Morgan fingerprint density at radius 1 is 0.602 bits per heavy atom. The van der Waals surface area contributed by atoms with Gasteiger partial charge in [0.2, 0.25) is 23.6 Å². The summed E-state index contributed by atoms with van der Waals surface area (Å²) in [6, 6.07) is 14.0. The minimum atomic E-state index is -3.34. The molecule has 9 amide bonds. The highest BCUT2D eigenvalue weighted by atomic mass is 19.3. The largest absolute Gasteiger partial charge is 0.544 e. The van der Waals surface area contributed by atoms with Crippen molar-refractivity contribution in [3.8, 4) is 0 Å². The Balaban J connectivity index is -0.00000155. The van der Waals surface area contributed by atoms with Gasteiger partial charge in [-0.1, -0.05) is 98.1 Å². The van der Waals surface area contributed by atoms with Crippen LogP contribution in [0.5, 0.6) is 0 Å². The molecule has 0 aromatic heterocycles. The first-order valence-corrected chi connectivity index (χ1v) is 36.6. The third-order valence-corrected chi connectivity index (χ3v) is 13.1. The van der Waals surface area contributed by atoms with Gasteiger partial charge in [0, 0.05) is 69.9 Å². The number of hydrogen-bond donors (Lipinski definition) is 10. The molecule has 0 aliphatic carbocycles. The monoisotopic (exact) mass is 1680 g/mol. The quantitative estimate of drug-likeness (QED) is 0.00668. The summed E-state index contributed by atoms with van der Waals surface area (Å²) in [5.41, 5.74) is 20.1. The highest BCUT2D eigenvalue weighted by molar-refractivity contribution is 5.97. The van der Waals surface area contributed by atoms with Crippen LogP contribution in [0, 0.1) is 5.92 Å². The summed E-state index contributed by atoms with van der Waals surface area (Å²) in [7, 11) is 0. The van der Waals surface area contributed by atoms with Gasteiger partial charge in [-0.15, -0.1) is 0 Å². The van der Waals surface area contributed by atoms with E-state index in [1.165, 1.54) is 20.8 Å². The number of quaternary nitrogens is 1. The van der Waals surface area contributed by atoms with Crippen LogP contribution in [0.3, 0.4) is 0 Å². The number of carbonyl (C=O) groups is 17. The Morgan fingerprint density at radius 2 is 1.05 bits per heavy atom. The topological polar surface area (TPSA) is 639 Å². The van der Waals surface area contributed by atoms with Crippen molar-refractivity contribution in [2.75, 3.05) is 72.2 Å². The number of benzene rings is 2. The van der Waals surface area contributed by atoms with Crippen LogP contribution >= 0.6 is 0 Å². The molecule has 2 heterocycles. The first-order valence-electron chi connectivity index (χ1n) is 36.6. The van der Waals surface area contributed by atoms with Crippen molar-refractivity contribution in [2.45, 2.75) is 202 Å². The molecule has 118 heavy (non-hydrogen) atoms. The third kappa shape index (κ3) is 65.9. The van der Waals surface area contributed by atoms with Crippen LogP contribution in [-0.2, 0) is 118 Å². The number of alkyl halides is 2. The summed E-state index contributed by atoms with van der Waals surface area (Å²) in [5.74, 6) is -7.74. The average Bonchev–Trinajstić information content (AvgIpc) is 1.08. The molecule has 2 fully saturated rings. The zero-order chi connectivity index (χ0) is 90.0. The number of hydrogen-bond acceptors (Lipinski definition) is 30. The zero-order valence-electron chi connectivity index (χ0n) is 68.0. The molecule has 4 rings (SSSR count). The predicted octanol–water partition coefficient (Wildman–Crippen LogP) is 3.39. The van der Waals surface area contributed by atoms with Gasteiger partial charge in [0.25, 0.3) is 6.43 Å². The van der Waals surface area contributed by atoms with Gasteiger partial charge >= 0.3 is 72.8 Å². The molecule has 12 N–H and O–H groups in total. The van der Waals surface area contributed by atoms with E-state index in [0.717, 1.165) is 17.7 Å². The first kappa shape index (κ1) is 110. The highest BCUT2D eigenvalue weighted by Gasteiger charge is 2.34. The van der Waals surface area contributed by atoms with Crippen LogP contribution in [0.15, 0.2) is 70.9 Å². The van der Waals surface area contributed by atoms with Gasteiger partial charge < -0.3 is 111 Å². The summed E-state index contributed by atoms with van der Waals surface area (Å²) in [6.45, 7) is 23.2. The van der Waals surface area contributed by atoms with E-state index >= 15 is 0 Å². The number of nitrogens with one attached hydrogen (secondary N) is 9. The number of halogens is 2. The predicted molar refractivity (Wildman–Crippen MR) is 406 cm³/mol. The Kier molecular flexibility index (Phi) is 61.2. The molecule has 2 aliphatic heterocycles. The second-order valence-corrected chi connectivity index (χ2v) is 26.4. The van der Waals surface area contributed by atoms with Crippen molar-refractivity contribution in [1.29, 1.82) is 0 Å². The van der Waals surface area contributed by atoms with E-state index in [1.54, 1.807) is 48.5 Å². The maximum atomic E-state index is 13.4. The van der Waals surface area contributed by atoms with Crippen molar-refractivity contribution in [2.24, 2.45) is 16.1 Å². The number of azide groups is 2. The van der Waals surface area contributed by atoms with Crippen LogP contribution in [0.2, 0.25) is 0 Å². The molecule has 2 aliphatic rings. The number of nitrogens with zero attached hydrogens (tertiary/aromatic N) is 6. The summed E-state index contributed by atoms with van der Waals surface area (Å²) in [6.07, 6.45) is -4.47. The molecule has 2 aromatic carbocycles. The van der Waals surface area contributed by atoms with Crippen molar-refractivity contribution < 1.29 is 148 Å². The molecule has 0 unspecified atom stereocenters. The van der Waals surface area contributed by atoms with E-state index in [9.17, 15) is 85.5 Å². The van der Waals surface area contributed by atoms with Crippen molar-refractivity contribution in [3.05, 3.63) is 92.7 Å². The third-order valence-electron chi connectivity index (χ3n) is 13.1. The van der Waals surface area contributed by atoms with E-state index in [4.69, 9.17) is 49.4 Å². The Bertz CT molecular complexity index is 3530. The maximum absolute atomic E-state index is 13.4. The lowest BCUT2D eigenvalue weighted by Crippen LogP contribution is -2.57. The lowest BCUT2D eigenvalue weighted by molar-refractivity contribution is -0.374. The van der Waals surface area contributed by atoms with Crippen molar-refractivity contribution in [1.82, 2.24) is 47.9 Å². The molecule has 5 atom stereocenters. The number of esters is 6. The number of amides is 9. The number of cyclic esters (lactones) is 4. The molecule has 0 bridgehead atoms. The van der Waals surface area contributed by atoms with E-state index < -0.39 is 150 Å². The summed E-state index contributed by atoms with van der Waals surface area (Å²) >= 11 is 0. The van der Waals surface area contributed by atoms with Crippen molar-refractivity contribution in [3.63, 3.8) is 0 Å². The van der Waals surface area contributed by atoms with Gasteiger partial charge in [0.1, 0.15) is 60.6 Å². The molecule has 0 radical (unpaired) electrons. The molecule has 44 nitrogen and oxygen atoms in total. The number of alkyl carbamates (subject to hydrolysis) is 5. The molecular formula is C72H110F2N16O28. The van der Waals surface area contributed by atoms with Gasteiger partial charge in [0.15, 0.2) is 0 Å². The van der Waals surface area contributed by atoms with Gasteiger partial charge in [-0.2, -0.15) is 0 Å². The minimum Gasteiger partial charge on any atom is -0.544 e. The van der Waals surface area contributed by atoms with Crippen LogP contribution in [-0.4, -0.2) is 222 Å². The fourth-order valence-corrected chi connectivity index (χ4v) is 8.44. The van der Waals surface area contributed by atoms with Gasteiger partial charge in [0.05, 0.1) is 45.8 Å². The summed E-state index contributed by atoms with van der Waals surface area (Å²) in [4.78, 5) is 196.